The van der Waals surface area contributed by atoms with E-state index < -0.39 is 0 Å². The number of hydrogen-bond acceptors (Lipinski definition) is 5. The first-order valence-corrected chi connectivity index (χ1v) is 5.46. The molecule has 2 rings (SSSR count). The molecule has 13 heavy (non-hydrogen) atoms. The van der Waals surface area contributed by atoms with Crippen LogP contribution in [0.1, 0.15) is 19.3 Å². The summed E-state index contributed by atoms with van der Waals surface area (Å²) < 4.78 is 3.96. The Morgan fingerprint density at radius 1 is 1.54 bits per heavy atom. The average molecular weight is 198 g/mol. The van der Waals surface area contributed by atoms with Crippen molar-refractivity contribution in [3.8, 4) is 0 Å². The lowest BCUT2D eigenvalue weighted by Crippen LogP contribution is -2.30. The van der Waals surface area contributed by atoms with E-state index in [1.54, 1.807) is 6.33 Å². The Kier molecular flexibility index (Phi) is 3.10. The first-order chi connectivity index (χ1) is 6.45. The lowest BCUT2D eigenvalue weighted by atomic mass is 10.1. The molecule has 2 heterocycles. The first-order valence-electron chi connectivity index (χ1n) is 4.69. The molecule has 0 spiro atoms. The summed E-state index contributed by atoms with van der Waals surface area (Å²) >= 11 is 1.42. The van der Waals surface area contributed by atoms with Crippen LogP contribution in [0.3, 0.4) is 0 Å². The summed E-state index contributed by atoms with van der Waals surface area (Å²) in [6.07, 6.45) is 5.40. The van der Waals surface area contributed by atoms with Gasteiger partial charge in [0.15, 0.2) is 0 Å². The van der Waals surface area contributed by atoms with Gasteiger partial charge in [-0.15, -0.1) is 0 Å². The summed E-state index contributed by atoms with van der Waals surface area (Å²) in [5.74, 6) is 0. The van der Waals surface area contributed by atoms with Gasteiger partial charge in [-0.25, -0.2) is 4.98 Å². The minimum atomic E-state index is 0.524. The van der Waals surface area contributed by atoms with Gasteiger partial charge in [-0.3, -0.25) is 0 Å². The summed E-state index contributed by atoms with van der Waals surface area (Å²) in [5, 5.41) is 7.73. The van der Waals surface area contributed by atoms with Crippen LogP contribution in [0.2, 0.25) is 0 Å². The predicted molar refractivity (Wildman–Crippen MR) is 54.0 cm³/mol. The van der Waals surface area contributed by atoms with Crippen molar-refractivity contribution < 1.29 is 0 Å². The minimum absolute atomic E-state index is 0.524. The van der Waals surface area contributed by atoms with E-state index in [1.165, 1.54) is 30.8 Å². The molecule has 72 valence electrons. The number of rotatable bonds is 2. The highest BCUT2D eigenvalue weighted by molar-refractivity contribution is 7.09. The van der Waals surface area contributed by atoms with Crippen molar-refractivity contribution >= 4 is 16.7 Å². The van der Waals surface area contributed by atoms with Crippen molar-refractivity contribution in [2.24, 2.45) is 0 Å². The summed E-state index contributed by atoms with van der Waals surface area (Å²) in [6.45, 7) is 2.19. The molecule has 0 amide bonds. The molecule has 0 bridgehead atoms. The molecule has 1 aliphatic heterocycles. The Labute approximate surface area is 81.9 Å². The van der Waals surface area contributed by atoms with Crippen LogP contribution >= 0.6 is 11.5 Å². The quantitative estimate of drug-likeness (QED) is 0.747. The van der Waals surface area contributed by atoms with Crippen LogP contribution in [0.15, 0.2) is 6.33 Å². The molecule has 0 aliphatic carbocycles. The number of nitrogens with zero attached hydrogens (tertiary/aromatic N) is 2. The smallest absolute Gasteiger partial charge is 0.202 e. The topological polar surface area (TPSA) is 49.8 Å². The second-order valence-electron chi connectivity index (χ2n) is 3.29. The number of hydrogen-bond donors (Lipinski definition) is 2. The maximum Gasteiger partial charge on any atom is 0.202 e. The van der Waals surface area contributed by atoms with Crippen LogP contribution in [0.4, 0.5) is 5.13 Å². The number of nitrogens with one attached hydrogen (secondary N) is 2. The molecule has 1 atom stereocenters. The van der Waals surface area contributed by atoms with Crippen molar-refractivity contribution in [3.05, 3.63) is 6.33 Å². The Morgan fingerprint density at radius 3 is 3.38 bits per heavy atom. The third kappa shape index (κ3) is 2.63. The maximum atomic E-state index is 4.11. The van der Waals surface area contributed by atoms with Crippen LogP contribution in [-0.2, 0) is 0 Å². The van der Waals surface area contributed by atoms with Gasteiger partial charge in [-0.2, -0.15) is 4.37 Å². The molecule has 1 aromatic heterocycles. The predicted octanol–water partition coefficient (Wildman–Crippen LogP) is 1.09. The molecule has 2 N–H and O–H groups in total. The summed E-state index contributed by atoms with van der Waals surface area (Å²) in [6, 6.07) is 0.524. The van der Waals surface area contributed by atoms with E-state index in [1.807, 2.05) is 0 Å². The lowest BCUT2D eigenvalue weighted by Gasteiger charge is -2.14. The monoisotopic (exact) mass is 198 g/mol. The minimum Gasteiger partial charge on any atom is -0.356 e. The molecule has 5 heteroatoms. The van der Waals surface area contributed by atoms with Crippen LogP contribution in [0.5, 0.6) is 0 Å². The molecular weight excluding hydrogens is 184 g/mol. The number of aromatic nitrogens is 2. The van der Waals surface area contributed by atoms with Gasteiger partial charge in [0, 0.05) is 24.1 Å². The second-order valence-corrected chi connectivity index (χ2v) is 4.07. The van der Waals surface area contributed by atoms with E-state index in [9.17, 15) is 0 Å². The summed E-state index contributed by atoms with van der Waals surface area (Å²) in [4.78, 5) is 4.11. The van der Waals surface area contributed by atoms with Crippen LogP contribution < -0.4 is 10.6 Å². The van der Waals surface area contributed by atoms with Crippen molar-refractivity contribution in [1.29, 1.82) is 0 Å². The van der Waals surface area contributed by atoms with Gasteiger partial charge in [-0.05, 0) is 19.4 Å². The third-order valence-electron chi connectivity index (χ3n) is 2.24. The molecule has 4 nitrogen and oxygen atoms in total. The fourth-order valence-electron chi connectivity index (χ4n) is 1.55. The van der Waals surface area contributed by atoms with Crippen molar-refractivity contribution in [2.45, 2.75) is 25.3 Å². The van der Waals surface area contributed by atoms with Crippen molar-refractivity contribution in [2.75, 3.05) is 18.4 Å². The highest BCUT2D eigenvalue weighted by Gasteiger charge is 2.11. The van der Waals surface area contributed by atoms with Gasteiger partial charge in [0.05, 0.1) is 0 Å². The van der Waals surface area contributed by atoms with Gasteiger partial charge < -0.3 is 10.6 Å². The SMILES string of the molecule is c1nsc(NC2CCCCNC2)n1. The van der Waals surface area contributed by atoms with Gasteiger partial charge in [0.2, 0.25) is 5.13 Å². The maximum absolute atomic E-state index is 4.11. The van der Waals surface area contributed by atoms with Crippen molar-refractivity contribution in [1.82, 2.24) is 14.7 Å². The fourth-order valence-corrected chi connectivity index (χ4v) is 2.06. The van der Waals surface area contributed by atoms with Gasteiger partial charge >= 0.3 is 0 Å². The standard InChI is InChI=1S/C8H14N4S/c1-2-4-9-5-7(3-1)12-8-10-6-11-13-8/h6-7,9H,1-5H2,(H,10,11,12). The Morgan fingerprint density at radius 2 is 2.54 bits per heavy atom. The third-order valence-corrected chi connectivity index (χ3v) is 2.83. The second kappa shape index (κ2) is 4.53. The average Bonchev–Trinajstić information content (AvgIpc) is 2.49. The van der Waals surface area contributed by atoms with Gasteiger partial charge in [0.25, 0.3) is 0 Å². The molecular formula is C8H14N4S. The van der Waals surface area contributed by atoms with Gasteiger partial charge in [-0.1, -0.05) is 6.42 Å². The van der Waals surface area contributed by atoms with Gasteiger partial charge in [0.1, 0.15) is 6.33 Å². The molecule has 1 unspecified atom stereocenters. The highest BCUT2D eigenvalue weighted by atomic mass is 32.1. The van der Waals surface area contributed by atoms with E-state index in [2.05, 4.69) is 20.0 Å². The van der Waals surface area contributed by atoms with E-state index in [4.69, 9.17) is 0 Å². The fraction of sp³-hybridized carbons (Fsp3) is 0.750. The zero-order valence-corrected chi connectivity index (χ0v) is 8.31. The normalized spacial score (nSPS) is 23.8. The Hall–Kier alpha value is -0.680. The number of anilines is 1. The Bertz CT molecular complexity index is 228. The molecule has 0 radical (unpaired) electrons. The summed E-state index contributed by atoms with van der Waals surface area (Å²) in [5.41, 5.74) is 0. The first kappa shape index (κ1) is 8.90. The molecule has 1 fully saturated rings. The van der Waals surface area contributed by atoms with E-state index >= 15 is 0 Å². The highest BCUT2D eigenvalue weighted by Crippen LogP contribution is 2.12. The molecule has 0 aromatic carbocycles. The van der Waals surface area contributed by atoms with E-state index in [0.717, 1.165) is 18.2 Å². The molecule has 1 saturated heterocycles. The van der Waals surface area contributed by atoms with Crippen LogP contribution in [0, 0.1) is 0 Å². The molecule has 1 aliphatic rings. The zero-order chi connectivity index (χ0) is 8.93. The lowest BCUT2D eigenvalue weighted by molar-refractivity contribution is 0.635. The summed E-state index contributed by atoms with van der Waals surface area (Å²) in [7, 11) is 0. The van der Waals surface area contributed by atoms with Crippen LogP contribution in [-0.4, -0.2) is 28.5 Å². The van der Waals surface area contributed by atoms with Crippen LogP contribution in [0.25, 0.3) is 0 Å². The van der Waals surface area contributed by atoms with E-state index in [-0.39, 0.29) is 0 Å². The van der Waals surface area contributed by atoms with E-state index in [0.29, 0.717) is 6.04 Å². The molecule has 0 saturated carbocycles. The molecule has 1 aromatic rings. The van der Waals surface area contributed by atoms with Crippen molar-refractivity contribution in [3.63, 3.8) is 0 Å². The Balaban J connectivity index is 1.86. The zero-order valence-electron chi connectivity index (χ0n) is 7.49. The largest absolute Gasteiger partial charge is 0.356 e.